The van der Waals surface area contributed by atoms with Crippen LogP contribution >= 0.6 is 11.3 Å². The number of hydrogen-bond donors (Lipinski definition) is 2. The van der Waals surface area contributed by atoms with E-state index in [4.69, 9.17) is 4.74 Å². The van der Waals surface area contributed by atoms with Gasteiger partial charge in [0.2, 0.25) is 5.91 Å². The van der Waals surface area contributed by atoms with E-state index in [1.165, 1.54) is 11.3 Å². The fourth-order valence-electron chi connectivity index (χ4n) is 3.22. The van der Waals surface area contributed by atoms with Gasteiger partial charge in [-0.2, -0.15) is 0 Å². The zero-order chi connectivity index (χ0) is 22.9. The van der Waals surface area contributed by atoms with Gasteiger partial charge in [-0.3, -0.25) is 4.79 Å². The predicted octanol–water partition coefficient (Wildman–Crippen LogP) is 1.46. The largest absolute Gasteiger partial charge is 1.00 e. The summed E-state index contributed by atoms with van der Waals surface area (Å²) >= 11 is 1.33. The van der Waals surface area contributed by atoms with E-state index in [-0.39, 0.29) is 32.9 Å². The summed E-state index contributed by atoms with van der Waals surface area (Å²) in [5.41, 5.74) is 4.27. The molecule has 0 fully saturated rings. The van der Waals surface area contributed by atoms with Crippen LogP contribution in [0.25, 0.3) is 22.3 Å². The Kier molecular flexibility index (Phi) is 10.5. The smallest absolute Gasteiger partial charge is 1.00 e. The molecule has 0 saturated carbocycles. The summed E-state index contributed by atoms with van der Waals surface area (Å²) in [6, 6.07) is 18.2. The maximum Gasteiger partial charge on any atom is 1.00 e. The molecular weight excluding hydrogens is 458 g/mol. The van der Waals surface area contributed by atoms with Gasteiger partial charge in [0.1, 0.15) is 10.6 Å². The van der Waals surface area contributed by atoms with Crippen LogP contribution in [0.2, 0.25) is 0 Å². The first-order valence-corrected chi connectivity index (χ1v) is 11.5. The number of anilines is 1. The number of rotatable bonds is 10. The van der Waals surface area contributed by atoms with Crippen molar-refractivity contribution in [3.8, 4) is 22.3 Å². The fraction of sp³-hybridized carbons (Fsp3) is 0.280. The van der Waals surface area contributed by atoms with Crippen molar-refractivity contribution >= 4 is 28.2 Å². The molecule has 2 aromatic carbocycles. The van der Waals surface area contributed by atoms with Crippen LogP contribution < -0.4 is 23.0 Å². The van der Waals surface area contributed by atoms with Gasteiger partial charge >= 0.3 is 7.40 Å². The number of thiophene rings is 1. The molecule has 1 aromatic heterocycles. The lowest BCUT2D eigenvalue weighted by Gasteiger charge is -2.11. The number of esters is 1. The molecule has 0 aliphatic rings. The van der Waals surface area contributed by atoms with Crippen molar-refractivity contribution in [2.24, 2.45) is 0 Å². The molecule has 0 aliphatic heterocycles. The summed E-state index contributed by atoms with van der Waals surface area (Å²) < 4.78 is 5.28. The monoisotopic (exact) mass is 487 g/mol. The lowest BCUT2D eigenvalue weighted by Crippen LogP contribution is -3.00. The van der Waals surface area contributed by atoms with Crippen molar-refractivity contribution in [3.05, 3.63) is 65.5 Å². The van der Waals surface area contributed by atoms with Crippen LogP contribution in [-0.4, -0.2) is 57.1 Å². The van der Waals surface area contributed by atoms with Crippen LogP contribution in [-0.2, 0) is 9.53 Å². The van der Waals surface area contributed by atoms with Crippen LogP contribution in [0.15, 0.2) is 60.0 Å². The number of carbonyl (C=O) groups is 2. The quantitative estimate of drug-likeness (QED) is 0.335. The number of carbonyl (C=O) groups excluding carboxylic acids is 2. The highest BCUT2D eigenvalue weighted by atomic mass is 35.5. The third-order valence-electron chi connectivity index (χ3n) is 4.85. The second-order valence-electron chi connectivity index (χ2n) is 7.55. The van der Waals surface area contributed by atoms with Gasteiger partial charge in [-0.15, -0.1) is 11.3 Å². The zero-order valence-electron chi connectivity index (χ0n) is 20.1. The van der Waals surface area contributed by atoms with Gasteiger partial charge in [0, 0.05) is 24.0 Å². The topological polar surface area (TPSA) is 70.7 Å². The lowest BCUT2D eigenvalue weighted by molar-refractivity contribution is -0.115. The Morgan fingerprint density at radius 3 is 2.27 bits per heavy atom. The van der Waals surface area contributed by atoms with Crippen molar-refractivity contribution in [1.29, 1.82) is 0 Å². The molecular formula is C25H30ClN3O3S. The second kappa shape index (κ2) is 13.1. The number of hydrogen-bond acceptors (Lipinski definition) is 6. The summed E-state index contributed by atoms with van der Waals surface area (Å²) in [7, 11) is 3.96. The van der Waals surface area contributed by atoms with Gasteiger partial charge in [0.05, 0.1) is 13.2 Å². The van der Waals surface area contributed by atoms with Crippen LogP contribution in [0.1, 0.15) is 18.7 Å². The number of likely N-dealkylation sites (N-methyl/N-ethyl adjacent to an activating group) is 1. The normalized spacial score (nSPS) is 10.5. The van der Waals surface area contributed by atoms with E-state index in [1.54, 1.807) is 6.92 Å². The molecule has 6 nitrogen and oxygen atoms in total. The number of halogens is 1. The molecule has 8 heteroatoms. The van der Waals surface area contributed by atoms with E-state index < -0.39 is 5.97 Å². The number of nitrogens with one attached hydrogen (secondary N) is 2. The van der Waals surface area contributed by atoms with Gasteiger partial charge in [-0.25, -0.2) is 4.79 Å². The molecule has 1 amide bonds. The molecule has 0 saturated heterocycles. The molecule has 1 heterocycles. The van der Waals surface area contributed by atoms with E-state index >= 15 is 0 Å². The maximum absolute atomic E-state index is 12.7. The summed E-state index contributed by atoms with van der Waals surface area (Å²) in [5.74, 6) is -0.631. The average Bonchev–Trinajstić information content (AvgIpc) is 3.21. The minimum absolute atomic E-state index is 0. The standard InChI is InChI=1S/C25H29N3O3S.ClH/c1-4-31-25(30)23-21(17-32-24(23)27-22(29)16-26-14-15-28(2)3)20-12-10-19(11-13-20)18-8-6-5-7-9-18;/h5-13,17,26H,4,14-16H2,1-3H3,(H,27,29);1H. The third kappa shape index (κ3) is 7.40. The SMILES string of the molecule is CCOC(=O)c1c(-c2ccc(-c3ccccc3)cc2)csc1NC(=O)CNCCN(C)C.[Cl-].[H+]. The van der Waals surface area contributed by atoms with Gasteiger partial charge in [0.25, 0.3) is 0 Å². The molecule has 2 N–H and O–H groups in total. The van der Waals surface area contributed by atoms with Crippen LogP contribution in [0.3, 0.4) is 0 Å². The summed E-state index contributed by atoms with van der Waals surface area (Å²) in [5, 5.41) is 8.37. The van der Waals surface area contributed by atoms with Crippen molar-refractivity contribution in [2.45, 2.75) is 6.92 Å². The first-order chi connectivity index (χ1) is 15.5. The summed E-state index contributed by atoms with van der Waals surface area (Å²) in [4.78, 5) is 27.2. The van der Waals surface area contributed by atoms with E-state index in [0.717, 1.165) is 28.8 Å². The molecule has 0 aliphatic carbocycles. The Morgan fingerprint density at radius 1 is 1.00 bits per heavy atom. The molecule has 0 spiro atoms. The molecule has 33 heavy (non-hydrogen) atoms. The lowest BCUT2D eigenvalue weighted by atomic mass is 9.99. The van der Waals surface area contributed by atoms with Gasteiger partial charge < -0.3 is 32.7 Å². The highest BCUT2D eigenvalue weighted by molar-refractivity contribution is 7.15. The highest BCUT2D eigenvalue weighted by Crippen LogP contribution is 2.37. The van der Waals surface area contributed by atoms with E-state index in [0.29, 0.717) is 17.1 Å². The predicted molar refractivity (Wildman–Crippen MR) is 132 cm³/mol. The maximum atomic E-state index is 12.7. The average molecular weight is 488 g/mol. The van der Waals surface area contributed by atoms with Crippen LogP contribution in [0, 0.1) is 0 Å². The number of nitrogens with zero attached hydrogens (tertiary/aromatic N) is 1. The first kappa shape index (κ1) is 26.5. The third-order valence-corrected chi connectivity index (χ3v) is 5.74. The fourth-order valence-corrected chi connectivity index (χ4v) is 4.19. The van der Waals surface area contributed by atoms with Crippen molar-refractivity contribution in [3.63, 3.8) is 0 Å². The number of amides is 1. The molecule has 176 valence electrons. The Hall–Kier alpha value is -2.71. The van der Waals surface area contributed by atoms with Crippen LogP contribution in [0.5, 0.6) is 0 Å². The Balaban J connectivity index is 0.00000289. The minimum Gasteiger partial charge on any atom is -1.00 e. The molecule has 3 rings (SSSR count). The number of benzene rings is 2. The van der Waals surface area contributed by atoms with Crippen molar-refractivity contribution in [1.82, 2.24) is 10.2 Å². The number of ether oxygens (including phenoxy) is 1. The van der Waals surface area contributed by atoms with Gasteiger partial charge in [-0.1, -0.05) is 54.6 Å². The van der Waals surface area contributed by atoms with Crippen LogP contribution in [0.4, 0.5) is 5.00 Å². The Labute approximate surface area is 206 Å². The molecule has 0 bridgehead atoms. The Morgan fingerprint density at radius 2 is 1.64 bits per heavy atom. The summed E-state index contributed by atoms with van der Waals surface area (Å²) in [6.07, 6.45) is 0. The molecule has 0 atom stereocenters. The van der Waals surface area contributed by atoms with Gasteiger partial charge in [-0.05, 0) is 37.7 Å². The minimum atomic E-state index is -0.438. The van der Waals surface area contributed by atoms with Crippen molar-refractivity contribution in [2.75, 3.05) is 45.7 Å². The van der Waals surface area contributed by atoms with Crippen molar-refractivity contribution < 1.29 is 28.2 Å². The van der Waals surface area contributed by atoms with E-state index in [9.17, 15) is 9.59 Å². The van der Waals surface area contributed by atoms with E-state index in [2.05, 4.69) is 22.8 Å². The molecule has 0 radical (unpaired) electrons. The zero-order valence-corrected chi connectivity index (χ0v) is 20.6. The second-order valence-corrected chi connectivity index (χ2v) is 8.43. The first-order valence-electron chi connectivity index (χ1n) is 10.6. The van der Waals surface area contributed by atoms with E-state index in [1.807, 2.05) is 66.8 Å². The van der Waals surface area contributed by atoms with Gasteiger partial charge in [0.15, 0.2) is 0 Å². The highest BCUT2D eigenvalue weighted by Gasteiger charge is 2.22. The Bertz CT molecular complexity index is 1040. The summed E-state index contributed by atoms with van der Waals surface area (Å²) in [6.45, 7) is 3.75. The molecule has 0 unspecified atom stereocenters. The molecule has 3 aromatic rings.